The molecule has 5 nitrogen and oxygen atoms in total. The van der Waals surface area contributed by atoms with Crippen LogP contribution in [0.25, 0.3) is 21.0 Å². The van der Waals surface area contributed by atoms with Gasteiger partial charge in [0.25, 0.3) is 0 Å². The third kappa shape index (κ3) is 5.24. The highest BCUT2D eigenvalue weighted by Crippen LogP contribution is 2.26. The van der Waals surface area contributed by atoms with Gasteiger partial charge >= 0.3 is 4.87 Å². The Bertz CT molecular complexity index is 1350. The molecule has 8 heteroatoms. The lowest BCUT2D eigenvalue weighted by atomic mass is 9.93. The van der Waals surface area contributed by atoms with Gasteiger partial charge in [-0.1, -0.05) is 59.3 Å². The fourth-order valence-corrected chi connectivity index (χ4v) is 5.76. The fraction of sp³-hybridized carbons (Fsp3) is 0.308. The minimum absolute atomic E-state index is 0. The molecule has 0 atom stereocenters. The number of anilines is 1. The minimum atomic E-state index is 0. The molecule has 3 aromatic carbocycles. The van der Waals surface area contributed by atoms with E-state index < -0.39 is 0 Å². The number of carbonyl (C=O) groups is 1. The third-order valence-corrected chi connectivity index (χ3v) is 7.77. The van der Waals surface area contributed by atoms with Crippen LogP contribution in [0, 0.1) is 5.92 Å². The van der Waals surface area contributed by atoms with Gasteiger partial charge in [0.05, 0.1) is 16.8 Å². The van der Waals surface area contributed by atoms with Crippen molar-refractivity contribution in [2.24, 2.45) is 5.92 Å². The van der Waals surface area contributed by atoms with Gasteiger partial charge in [0.15, 0.2) is 0 Å². The molecule has 1 N–H and O–H groups in total. The minimum Gasteiger partial charge on any atom is -0.376 e. The third-order valence-electron chi connectivity index (χ3n) is 6.58. The van der Waals surface area contributed by atoms with E-state index in [0.29, 0.717) is 24.0 Å². The standard InChI is InChI=1S/C26H26ClN3O2S.ClH/c27-20-8-9-24-23(16-20)30(26(32)33-24)15-12-18-10-13-29(14-11-18)25(31)17-28-22-7-3-5-19-4-1-2-6-21(19)22;/h1-9,16,18,28H,10-15,17H2;1H. The maximum atomic E-state index is 12.8. The number of nitrogens with one attached hydrogen (secondary N) is 1. The molecule has 1 aliphatic rings. The normalized spacial score (nSPS) is 14.3. The average molecular weight is 516 g/mol. The summed E-state index contributed by atoms with van der Waals surface area (Å²) < 4.78 is 2.82. The van der Waals surface area contributed by atoms with Gasteiger partial charge in [0, 0.05) is 35.7 Å². The molecule has 1 aliphatic heterocycles. The first-order valence-electron chi connectivity index (χ1n) is 11.4. The van der Waals surface area contributed by atoms with Crippen LogP contribution in [0.2, 0.25) is 5.02 Å². The van der Waals surface area contributed by atoms with Crippen molar-refractivity contribution >= 4 is 67.9 Å². The SMILES string of the molecule is Cl.O=C(CNc1cccc2ccccc12)N1CCC(CCn2c(=O)sc3ccc(Cl)cc32)CC1. The number of rotatable bonds is 6. The molecular formula is C26H27Cl2N3O2S. The number of piperidine rings is 1. The molecule has 2 heterocycles. The molecule has 0 radical (unpaired) electrons. The predicted molar refractivity (Wildman–Crippen MR) is 145 cm³/mol. The number of fused-ring (bicyclic) bond motifs is 2. The number of hydrogen-bond acceptors (Lipinski definition) is 4. The number of carbonyl (C=O) groups excluding carboxylic acids is 1. The first-order valence-corrected chi connectivity index (χ1v) is 12.6. The van der Waals surface area contributed by atoms with E-state index in [1.807, 2.05) is 51.9 Å². The summed E-state index contributed by atoms with van der Waals surface area (Å²) in [4.78, 5) is 27.2. The van der Waals surface area contributed by atoms with E-state index in [4.69, 9.17) is 11.6 Å². The van der Waals surface area contributed by atoms with Gasteiger partial charge < -0.3 is 10.2 Å². The van der Waals surface area contributed by atoms with E-state index in [0.717, 1.165) is 59.0 Å². The van der Waals surface area contributed by atoms with Crippen LogP contribution in [-0.2, 0) is 11.3 Å². The number of amides is 1. The second kappa shape index (κ2) is 10.8. The summed E-state index contributed by atoms with van der Waals surface area (Å²) >= 11 is 7.41. The molecule has 34 heavy (non-hydrogen) atoms. The summed E-state index contributed by atoms with van der Waals surface area (Å²) in [6, 6.07) is 19.9. The van der Waals surface area contributed by atoms with Gasteiger partial charge in [-0.3, -0.25) is 14.2 Å². The zero-order valence-electron chi connectivity index (χ0n) is 18.7. The van der Waals surface area contributed by atoms with Crippen LogP contribution in [-0.4, -0.2) is 35.0 Å². The van der Waals surface area contributed by atoms with Crippen molar-refractivity contribution in [2.75, 3.05) is 25.0 Å². The molecule has 0 aliphatic carbocycles. The molecular weight excluding hydrogens is 489 g/mol. The number of halogens is 2. The summed E-state index contributed by atoms with van der Waals surface area (Å²) in [5.74, 6) is 0.650. The number of aryl methyl sites for hydroxylation is 1. The summed E-state index contributed by atoms with van der Waals surface area (Å²) in [5, 5.41) is 6.27. The number of aromatic nitrogens is 1. The summed E-state index contributed by atoms with van der Waals surface area (Å²) in [6.45, 7) is 2.54. The van der Waals surface area contributed by atoms with E-state index in [1.165, 1.54) is 11.3 Å². The number of benzene rings is 3. The second-order valence-corrected chi connectivity index (χ2v) is 10.1. The Hall–Kier alpha value is -2.54. The molecule has 178 valence electrons. The first-order chi connectivity index (χ1) is 16.1. The van der Waals surface area contributed by atoms with E-state index in [9.17, 15) is 9.59 Å². The maximum absolute atomic E-state index is 12.8. The average Bonchev–Trinajstić information content (AvgIpc) is 3.15. The largest absolute Gasteiger partial charge is 0.376 e. The van der Waals surface area contributed by atoms with Gasteiger partial charge in [0.1, 0.15) is 0 Å². The quantitative estimate of drug-likeness (QED) is 0.340. The van der Waals surface area contributed by atoms with Crippen molar-refractivity contribution in [3.63, 3.8) is 0 Å². The van der Waals surface area contributed by atoms with Crippen molar-refractivity contribution < 1.29 is 4.79 Å². The van der Waals surface area contributed by atoms with Crippen molar-refractivity contribution in [3.05, 3.63) is 75.4 Å². The second-order valence-electron chi connectivity index (χ2n) is 8.62. The molecule has 0 saturated carbocycles. The predicted octanol–water partition coefficient (Wildman–Crippen LogP) is 6.03. The Labute approximate surface area is 213 Å². The monoisotopic (exact) mass is 515 g/mol. The molecule has 4 aromatic rings. The van der Waals surface area contributed by atoms with Crippen molar-refractivity contribution in [2.45, 2.75) is 25.8 Å². The van der Waals surface area contributed by atoms with E-state index >= 15 is 0 Å². The van der Waals surface area contributed by atoms with E-state index in [-0.39, 0.29) is 23.2 Å². The van der Waals surface area contributed by atoms with Gasteiger partial charge in [-0.2, -0.15) is 0 Å². The lowest BCUT2D eigenvalue weighted by molar-refractivity contribution is -0.130. The van der Waals surface area contributed by atoms with Crippen LogP contribution in [0.15, 0.2) is 65.5 Å². The lowest BCUT2D eigenvalue weighted by Gasteiger charge is -2.32. The molecule has 5 rings (SSSR count). The highest BCUT2D eigenvalue weighted by Gasteiger charge is 2.23. The Morgan fingerprint density at radius 3 is 2.65 bits per heavy atom. The molecule has 0 unspecified atom stereocenters. The topological polar surface area (TPSA) is 54.3 Å². The van der Waals surface area contributed by atoms with Gasteiger partial charge in [-0.15, -0.1) is 12.4 Å². The van der Waals surface area contributed by atoms with Crippen molar-refractivity contribution in [1.82, 2.24) is 9.47 Å². The Morgan fingerprint density at radius 2 is 1.82 bits per heavy atom. The summed E-state index contributed by atoms with van der Waals surface area (Å²) in [7, 11) is 0. The van der Waals surface area contributed by atoms with Crippen LogP contribution < -0.4 is 10.2 Å². The maximum Gasteiger partial charge on any atom is 0.308 e. The van der Waals surface area contributed by atoms with Crippen molar-refractivity contribution in [3.8, 4) is 0 Å². The first kappa shape index (κ1) is 24.6. The number of hydrogen-bond donors (Lipinski definition) is 1. The van der Waals surface area contributed by atoms with Crippen molar-refractivity contribution in [1.29, 1.82) is 0 Å². The molecule has 0 bridgehead atoms. The molecule has 1 fully saturated rings. The summed E-state index contributed by atoms with van der Waals surface area (Å²) in [5.41, 5.74) is 1.91. The number of nitrogens with zero attached hydrogens (tertiary/aromatic N) is 2. The molecule has 1 saturated heterocycles. The zero-order valence-corrected chi connectivity index (χ0v) is 21.1. The molecule has 1 aromatic heterocycles. The van der Waals surface area contributed by atoms with Crippen LogP contribution in [0.5, 0.6) is 0 Å². The Kier molecular flexibility index (Phi) is 7.81. The van der Waals surface area contributed by atoms with E-state index in [1.54, 1.807) is 0 Å². The highest BCUT2D eigenvalue weighted by atomic mass is 35.5. The molecule has 1 amide bonds. The van der Waals surface area contributed by atoms with Crippen LogP contribution in [0.3, 0.4) is 0 Å². The Morgan fingerprint density at radius 1 is 1.06 bits per heavy atom. The van der Waals surface area contributed by atoms with Crippen LogP contribution >= 0.6 is 35.3 Å². The zero-order chi connectivity index (χ0) is 22.8. The summed E-state index contributed by atoms with van der Waals surface area (Å²) in [6.07, 6.45) is 2.88. The smallest absolute Gasteiger partial charge is 0.308 e. The lowest BCUT2D eigenvalue weighted by Crippen LogP contribution is -2.41. The number of thiazole rings is 1. The van der Waals surface area contributed by atoms with Gasteiger partial charge in [-0.25, -0.2) is 0 Å². The van der Waals surface area contributed by atoms with Crippen LogP contribution in [0.1, 0.15) is 19.3 Å². The Balaban J connectivity index is 0.00000274. The number of likely N-dealkylation sites (tertiary alicyclic amines) is 1. The van der Waals surface area contributed by atoms with Gasteiger partial charge in [0.2, 0.25) is 5.91 Å². The molecule has 0 spiro atoms. The van der Waals surface area contributed by atoms with E-state index in [2.05, 4.69) is 23.5 Å². The fourth-order valence-electron chi connectivity index (χ4n) is 4.69. The highest BCUT2D eigenvalue weighted by molar-refractivity contribution is 7.16. The van der Waals surface area contributed by atoms with Gasteiger partial charge in [-0.05, 0) is 54.8 Å². The van der Waals surface area contributed by atoms with Crippen LogP contribution in [0.4, 0.5) is 5.69 Å².